The lowest BCUT2D eigenvalue weighted by Gasteiger charge is -2.17. The summed E-state index contributed by atoms with van der Waals surface area (Å²) in [5, 5.41) is 0. The van der Waals surface area contributed by atoms with Crippen molar-refractivity contribution in [1.29, 1.82) is 0 Å². The van der Waals surface area contributed by atoms with Crippen LogP contribution in [0.3, 0.4) is 0 Å². The van der Waals surface area contributed by atoms with Crippen LogP contribution in [0.2, 0.25) is 0 Å². The first kappa shape index (κ1) is 9.00. The van der Waals surface area contributed by atoms with Crippen molar-refractivity contribution in [2.75, 3.05) is 25.6 Å². The highest BCUT2D eigenvalue weighted by molar-refractivity contribution is 7.90. The molecule has 0 N–H and O–H groups in total. The first-order chi connectivity index (χ1) is 4.99. The molecule has 0 aromatic carbocycles. The van der Waals surface area contributed by atoms with E-state index in [1.165, 1.54) is 6.26 Å². The van der Waals surface area contributed by atoms with Crippen LogP contribution in [0.5, 0.6) is 0 Å². The molecule has 0 amide bonds. The van der Waals surface area contributed by atoms with Crippen molar-refractivity contribution < 1.29 is 8.42 Å². The molecule has 3 nitrogen and oxygen atoms in total. The van der Waals surface area contributed by atoms with Crippen LogP contribution in [0.15, 0.2) is 0 Å². The fourth-order valence-electron chi connectivity index (χ4n) is 1.54. The number of nitrogens with zero attached hydrogens (tertiary/aromatic N) is 1. The smallest absolute Gasteiger partial charge is 0.148 e. The summed E-state index contributed by atoms with van der Waals surface area (Å²) in [6.45, 7) is 1.04. The van der Waals surface area contributed by atoms with Crippen molar-refractivity contribution in [3.05, 3.63) is 0 Å². The van der Waals surface area contributed by atoms with Crippen molar-refractivity contribution in [2.45, 2.75) is 18.9 Å². The van der Waals surface area contributed by atoms with Crippen LogP contribution in [-0.4, -0.2) is 45.0 Å². The Hall–Kier alpha value is -0.0900. The molecule has 0 aliphatic carbocycles. The Morgan fingerprint density at radius 1 is 1.55 bits per heavy atom. The molecule has 1 aliphatic heterocycles. The normalized spacial score (nSPS) is 27.6. The number of likely N-dealkylation sites (tertiary alicyclic amines) is 1. The third kappa shape index (κ3) is 2.79. The third-order valence-electron chi connectivity index (χ3n) is 2.17. The zero-order chi connectivity index (χ0) is 8.48. The van der Waals surface area contributed by atoms with Gasteiger partial charge in [0.25, 0.3) is 0 Å². The maximum atomic E-state index is 10.9. The number of hydrogen-bond acceptors (Lipinski definition) is 3. The third-order valence-corrected chi connectivity index (χ3v) is 3.16. The van der Waals surface area contributed by atoms with Crippen molar-refractivity contribution in [3.63, 3.8) is 0 Å². The van der Waals surface area contributed by atoms with E-state index in [0.29, 0.717) is 5.75 Å². The SMILES string of the molecule is CN1CCCC1CS(C)(=O)=O. The molecule has 0 bridgehead atoms. The largest absolute Gasteiger partial charge is 0.302 e. The molecule has 1 fully saturated rings. The lowest BCUT2D eigenvalue weighted by molar-refractivity contribution is 0.332. The van der Waals surface area contributed by atoms with Crippen LogP contribution in [-0.2, 0) is 9.84 Å². The summed E-state index contributed by atoms with van der Waals surface area (Å²) in [6, 6.07) is 0.269. The Bertz CT molecular complexity index is 223. The molecule has 1 rings (SSSR count). The average molecular weight is 177 g/mol. The molecule has 1 saturated heterocycles. The van der Waals surface area contributed by atoms with E-state index >= 15 is 0 Å². The van der Waals surface area contributed by atoms with E-state index in [1.54, 1.807) is 0 Å². The Labute approximate surface area is 68.3 Å². The molecule has 1 heterocycles. The molecule has 1 unspecified atom stereocenters. The van der Waals surface area contributed by atoms with E-state index < -0.39 is 9.84 Å². The van der Waals surface area contributed by atoms with Gasteiger partial charge in [0.05, 0.1) is 5.75 Å². The summed E-state index contributed by atoms with van der Waals surface area (Å²) < 4.78 is 21.8. The van der Waals surface area contributed by atoms with Gasteiger partial charge in [-0.05, 0) is 26.4 Å². The molecule has 0 saturated carbocycles. The van der Waals surface area contributed by atoms with Gasteiger partial charge in [0.15, 0.2) is 0 Å². The molecule has 1 atom stereocenters. The van der Waals surface area contributed by atoms with E-state index in [-0.39, 0.29) is 6.04 Å². The van der Waals surface area contributed by atoms with Gasteiger partial charge >= 0.3 is 0 Å². The molecule has 0 radical (unpaired) electrons. The maximum absolute atomic E-state index is 10.9. The van der Waals surface area contributed by atoms with Crippen molar-refractivity contribution in [1.82, 2.24) is 4.90 Å². The summed E-state index contributed by atoms with van der Waals surface area (Å²) in [4.78, 5) is 2.13. The molecule has 1 aliphatic rings. The molecule has 0 spiro atoms. The van der Waals surface area contributed by atoms with E-state index in [9.17, 15) is 8.42 Å². The minimum Gasteiger partial charge on any atom is -0.302 e. The lowest BCUT2D eigenvalue weighted by Crippen LogP contribution is -2.31. The van der Waals surface area contributed by atoms with Crippen LogP contribution in [0, 0.1) is 0 Å². The first-order valence-corrected chi connectivity index (χ1v) is 5.93. The number of hydrogen-bond donors (Lipinski definition) is 0. The van der Waals surface area contributed by atoms with Crippen LogP contribution in [0.1, 0.15) is 12.8 Å². The van der Waals surface area contributed by atoms with Crippen molar-refractivity contribution in [3.8, 4) is 0 Å². The topological polar surface area (TPSA) is 37.4 Å². The highest BCUT2D eigenvalue weighted by Gasteiger charge is 2.23. The zero-order valence-corrected chi connectivity index (χ0v) is 7.89. The Morgan fingerprint density at radius 2 is 2.18 bits per heavy atom. The monoisotopic (exact) mass is 177 g/mol. The Morgan fingerprint density at radius 3 is 2.55 bits per heavy atom. The Balaban J connectivity index is 2.50. The standard InChI is InChI=1S/C7H15NO2S/c1-8-5-3-4-7(8)6-11(2,9)10/h7H,3-6H2,1-2H3. The van der Waals surface area contributed by atoms with Gasteiger partial charge in [0.2, 0.25) is 0 Å². The van der Waals surface area contributed by atoms with Gasteiger partial charge in [-0.15, -0.1) is 0 Å². The van der Waals surface area contributed by atoms with Crippen LogP contribution in [0.25, 0.3) is 0 Å². The average Bonchev–Trinajstić information content (AvgIpc) is 2.12. The highest BCUT2D eigenvalue weighted by Crippen LogP contribution is 2.15. The molecular formula is C7H15NO2S. The van der Waals surface area contributed by atoms with Crippen LogP contribution < -0.4 is 0 Å². The van der Waals surface area contributed by atoms with E-state index in [0.717, 1.165) is 19.4 Å². The summed E-state index contributed by atoms with van der Waals surface area (Å²) in [6.07, 6.45) is 3.47. The lowest BCUT2D eigenvalue weighted by atomic mass is 10.2. The van der Waals surface area contributed by atoms with Gasteiger partial charge in [-0.25, -0.2) is 8.42 Å². The van der Waals surface area contributed by atoms with Gasteiger partial charge in [-0.2, -0.15) is 0 Å². The first-order valence-electron chi connectivity index (χ1n) is 3.87. The molecule has 11 heavy (non-hydrogen) atoms. The second-order valence-electron chi connectivity index (χ2n) is 3.37. The molecule has 66 valence electrons. The summed E-state index contributed by atoms with van der Waals surface area (Å²) in [5.74, 6) is 0.323. The molecule has 4 heteroatoms. The Kier molecular flexibility index (Phi) is 2.54. The van der Waals surface area contributed by atoms with Crippen LogP contribution in [0.4, 0.5) is 0 Å². The van der Waals surface area contributed by atoms with Gasteiger partial charge in [-0.1, -0.05) is 0 Å². The molecular weight excluding hydrogens is 162 g/mol. The predicted molar refractivity (Wildman–Crippen MR) is 45.4 cm³/mol. The predicted octanol–water partition coefficient (Wildman–Crippen LogP) is 0.125. The fraction of sp³-hybridized carbons (Fsp3) is 1.00. The van der Waals surface area contributed by atoms with Crippen molar-refractivity contribution in [2.24, 2.45) is 0 Å². The minimum atomic E-state index is -2.78. The second kappa shape index (κ2) is 3.11. The second-order valence-corrected chi connectivity index (χ2v) is 5.55. The van der Waals surface area contributed by atoms with Crippen LogP contribution >= 0.6 is 0 Å². The number of rotatable bonds is 2. The molecule has 0 aromatic rings. The van der Waals surface area contributed by atoms with Gasteiger partial charge in [0.1, 0.15) is 9.84 Å². The summed E-state index contributed by atoms with van der Waals surface area (Å²) in [7, 11) is -0.793. The maximum Gasteiger partial charge on any atom is 0.148 e. The summed E-state index contributed by atoms with van der Waals surface area (Å²) in [5.41, 5.74) is 0. The highest BCUT2D eigenvalue weighted by atomic mass is 32.2. The van der Waals surface area contributed by atoms with E-state index in [4.69, 9.17) is 0 Å². The zero-order valence-electron chi connectivity index (χ0n) is 7.08. The van der Waals surface area contributed by atoms with E-state index in [1.807, 2.05) is 7.05 Å². The summed E-state index contributed by atoms with van der Waals surface area (Å²) >= 11 is 0. The van der Waals surface area contributed by atoms with E-state index in [2.05, 4.69) is 4.90 Å². The quantitative estimate of drug-likeness (QED) is 0.601. The molecule has 0 aromatic heterocycles. The van der Waals surface area contributed by atoms with Crippen molar-refractivity contribution >= 4 is 9.84 Å². The van der Waals surface area contributed by atoms with Gasteiger partial charge in [-0.3, -0.25) is 0 Å². The fourth-order valence-corrected chi connectivity index (χ4v) is 2.66. The minimum absolute atomic E-state index is 0.269. The number of sulfone groups is 1. The van der Waals surface area contributed by atoms with Gasteiger partial charge in [0, 0.05) is 12.3 Å². The van der Waals surface area contributed by atoms with Gasteiger partial charge < -0.3 is 4.90 Å².